The summed E-state index contributed by atoms with van der Waals surface area (Å²) in [5.74, 6) is 0. The fourth-order valence-corrected chi connectivity index (χ4v) is 3.13. The summed E-state index contributed by atoms with van der Waals surface area (Å²) < 4.78 is 0. The molecule has 0 amide bonds. The Labute approximate surface area is 123 Å². The average molecular weight is 324 g/mol. The van der Waals surface area contributed by atoms with Gasteiger partial charge in [0.1, 0.15) is 0 Å². The molecule has 0 radical (unpaired) electrons. The molecule has 0 aliphatic heterocycles. The summed E-state index contributed by atoms with van der Waals surface area (Å²) in [5.41, 5.74) is 1.50. The molecule has 1 aromatic rings. The minimum absolute atomic E-state index is 0. The first-order valence-electron chi connectivity index (χ1n) is 5.13. The van der Waals surface area contributed by atoms with E-state index >= 15 is 0 Å². The third-order valence-electron chi connectivity index (χ3n) is 2.45. The van der Waals surface area contributed by atoms with E-state index in [0.29, 0.717) is 7.92 Å². The van der Waals surface area contributed by atoms with Crippen molar-refractivity contribution in [2.24, 2.45) is 0 Å². The number of rotatable bonds is 5. The SMILES string of the molecule is CCP(CC)CCc1ccccc1.[Cl-].[Cl-].[Ni+2]. The van der Waals surface area contributed by atoms with E-state index < -0.39 is 0 Å². The van der Waals surface area contributed by atoms with Crippen molar-refractivity contribution in [3.05, 3.63) is 35.9 Å². The first-order chi connectivity index (χ1) is 6.36. The molecular formula is C12H19Cl2NiP. The fourth-order valence-electron chi connectivity index (χ4n) is 1.47. The van der Waals surface area contributed by atoms with Gasteiger partial charge >= 0.3 is 16.5 Å². The van der Waals surface area contributed by atoms with Crippen molar-refractivity contribution in [2.75, 3.05) is 18.5 Å². The van der Waals surface area contributed by atoms with Gasteiger partial charge in [0.15, 0.2) is 0 Å². The Hall–Kier alpha value is 0.724. The number of benzene rings is 1. The maximum Gasteiger partial charge on any atom is 2.00 e. The van der Waals surface area contributed by atoms with E-state index in [1.807, 2.05) is 0 Å². The molecule has 0 N–H and O–H groups in total. The van der Waals surface area contributed by atoms with Crippen molar-refractivity contribution >= 4 is 7.92 Å². The van der Waals surface area contributed by atoms with Gasteiger partial charge in [0.2, 0.25) is 0 Å². The maximum atomic E-state index is 2.32. The van der Waals surface area contributed by atoms with Crippen LogP contribution >= 0.6 is 7.92 Å². The molecule has 0 spiro atoms. The number of hydrogen-bond donors (Lipinski definition) is 0. The van der Waals surface area contributed by atoms with Crippen LogP contribution in [0.3, 0.4) is 0 Å². The van der Waals surface area contributed by atoms with Crippen LogP contribution in [0.15, 0.2) is 30.3 Å². The van der Waals surface area contributed by atoms with Gasteiger partial charge in [-0.1, -0.05) is 44.2 Å². The summed E-state index contributed by atoms with van der Waals surface area (Å²) in [4.78, 5) is 0. The molecule has 0 aliphatic carbocycles. The molecular weight excluding hydrogens is 305 g/mol. The normalized spacial score (nSPS) is 8.69. The molecule has 0 atom stereocenters. The van der Waals surface area contributed by atoms with E-state index in [9.17, 15) is 0 Å². The second kappa shape index (κ2) is 13.8. The quantitative estimate of drug-likeness (QED) is 0.424. The van der Waals surface area contributed by atoms with Gasteiger partial charge in [-0.25, -0.2) is 0 Å². The van der Waals surface area contributed by atoms with Gasteiger partial charge in [0, 0.05) is 0 Å². The predicted octanol–water partition coefficient (Wildman–Crippen LogP) is -2.24. The van der Waals surface area contributed by atoms with E-state index in [-0.39, 0.29) is 41.3 Å². The molecule has 96 valence electrons. The first-order valence-corrected chi connectivity index (χ1v) is 7.02. The molecule has 0 aromatic heterocycles. The number of aryl methyl sites for hydroxylation is 1. The van der Waals surface area contributed by atoms with Crippen molar-refractivity contribution in [2.45, 2.75) is 20.3 Å². The Balaban J connectivity index is -0.000000563. The van der Waals surface area contributed by atoms with E-state index in [1.54, 1.807) is 0 Å². The van der Waals surface area contributed by atoms with Crippen LogP contribution in [0.5, 0.6) is 0 Å². The van der Waals surface area contributed by atoms with Crippen molar-refractivity contribution in [1.82, 2.24) is 0 Å². The van der Waals surface area contributed by atoms with Gasteiger partial charge in [-0.3, -0.25) is 0 Å². The van der Waals surface area contributed by atoms with Crippen LogP contribution in [0.4, 0.5) is 0 Å². The van der Waals surface area contributed by atoms with Gasteiger partial charge in [0.05, 0.1) is 0 Å². The van der Waals surface area contributed by atoms with Crippen molar-refractivity contribution < 1.29 is 41.3 Å². The predicted molar refractivity (Wildman–Crippen MR) is 63.0 cm³/mol. The molecule has 1 rings (SSSR count). The van der Waals surface area contributed by atoms with Crippen molar-refractivity contribution in [3.63, 3.8) is 0 Å². The summed E-state index contributed by atoms with van der Waals surface area (Å²) in [7, 11) is 0.320. The molecule has 0 heterocycles. The summed E-state index contributed by atoms with van der Waals surface area (Å²) in [6, 6.07) is 10.8. The molecule has 4 heteroatoms. The largest absolute Gasteiger partial charge is 2.00 e. The van der Waals surface area contributed by atoms with Crippen LogP contribution in [-0.4, -0.2) is 18.5 Å². The molecule has 0 bridgehead atoms. The first kappa shape index (κ1) is 22.0. The monoisotopic (exact) mass is 322 g/mol. The van der Waals surface area contributed by atoms with Crippen molar-refractivity contribution in [1.29, 1.82) is 0 Å². The zero-order valence-electron chi connectivity index (χ0n) is 9.73. The topological polar surface area (TPSA) is 0 Å². The third kappa shape index (κ3) is 8.83. The third-order valence-corrected chi connectivity index (χ3v) is 5.10. The Morgan fingerprint density at radius 1 is 0.938 bits per heavy atom. The molecule has 0 aliphatic rings. The van der Waals surface area contributed by atoms with Gasteiger partial charge in [-0.05, 0) is 30.5 Å². The molecule has 0 saturated heterocycles. The molecule has 1 aromatic carbocycles. The molecule has 0 unspecified atom stereocenters. The molecule has 0 fully saturated rings. The zero-order chi connectivity index (χ0) is 9.52. The zero-order valence-corrected chi connectivity index (χ0v) is 13.1. The maximum absolute atomic E-state index is 2.32. The van der Waals surface area contributed by atoms with Crippen molar-refractivity contribution in [3.8, 4) is 0 Å². The van der Waals surface area contributed by atoms with Crippen LogP contribution in [0, 0.1) is 0 Å². The van der Waals surface area contributed by atoms with Gasteiger partial charge in [0.25, 0.3) is 0 Å². The Morgan fingerprint density at radius 3 is 1.88 bits per heavy atom. The average Bonchev–Trinajstić information content (AvgIpc) is 2.21. The Kier molecular flexibility index (Phi) is 18.9. The second-order valence-electron chi connectivity index (χ2n) is 3.26. The van der Waals surface area contributed by atoms with E-state index in [2.05, 4.69) is 44.2 Å². The van der Waals surface area contributed by atoms with E-state index in [0.717, 1.165) is 0 Å². The fraction of sp³-hybridized carbons (Fsp3) is 0.500. The van der Waals surface area contributed by atoms with Gasteiger partial charge in [-0.15, -0.1) is 7.92 Å². The smallest absolute Gasteiger partial charge is 1.00 e. The minimum atomic E-state index is 0. The Morgan fingerprint density at radius 2 is 1.44 bits per heavy atom. The van der Waals surface area contributed by atoms with Crippen LogP contribution < -0.4 is 24.8 Å². The van der Waals surface area contributed by atoms with E-state index in [4.69, 9.17) is 0 Å². The number of hydrogen-bond acceptors (Lipinski definition) is 0. The van der Waals surface area contributed by atoms with E-state index in [1.165, 1.54) is 30.5 Å². The molecule has 0 saturated carbocycles. The van der Waals surface area contributed by atoms with Crippen LogP contribution in [0.2, 0.25) is 0 Å². The van der Waals surface area contributed by atoms with Gasteiger partial charge < -0.3 is 24.8 Å². The van der Waals surface area contributed by atoms with Crippen LogP contribution in [0.25, 0.3) is 0 Å². The van der Waals surface area contributed by atoms with Crippen LogP contribution in [-0.2, 0) is 22.9 Å². The Bertz CT molecular complexity index is 228. The minimum Gasteiger partial charge on any atom is -1.00 e. The summed E-state index contributed by atoms with van der Waals surface area (Å²) in [6.07, 6.45) is 5.46. The summed E-state index contributed by atoms with van der Waals surface area (Å²) in [6.45, 7) is 4.64. The second-order valence-corrected chi connectivity index (χ2v) is 6.32. The molecule has 0 nitrogen and oxygen atoms in total. The summed E-state index contributed by atoms with van der Waals surface area (Å²) in [5, 5.41) is 0. The molecule has 16 heavy (non-hydrogen) atoms. The summed E-state index contributed by atoms with van der Waals surface area (Å²) >= 11 is 0. The van der Waals surface area contributed by atoms with Gasteiger partial charge in [-0.2, -0.15) is 0 Å². The standard InChI is InChI=1S/C12H19P.2ClH.Ni/c1-3-13(4-2)11-10-12-8-6-5-7-9-12;;;/h5-9H,3-4,10-11H2,1-2H3;2*1H;/q;;;+2/p-2. The van der Waals surface area contributed by atoms with Crippen LogP contribution in [0.1, 0.15) is 19.4 Å². The number of halogens is 2.